The van der Waals surface area contributed by atoms with E-state index in [1.54, 1.807) is 19.1 Å². The number of amides is 2. The maximum Gasteiger partial charge on any atom is 0.315 e. The molecule has 0 unspecified atom stereocenters. The van der Waals surface area contributed by atoms with Crippen molar-refractivity contribution in [1.29, 1.82) is 0 Å². The van der Waals surface area contributed by atoms with Crippen LogP contribution < -0.4 is 15.4 Å². The van der Waals surface area contributed by atoms with Crippen LogP contribution in [0.3, 0.4) is 0 Å². The number of aliphatic hydroxyl groups is 1. The zero-order chi connectivity index (χ0) is 16.7. The van der Waals surface area contributed by atoms with Crippen molar-refractivity contribution < 1.29 is 19.0 Å². The van der Waals surface area contributed by atoms with Crippen molar-refractivity contribution in [3.05, 3.63) is 52.5 Å². The zero-order valence-electron chi connectivity index (χ0n) is 12.7. The number of carbonyl (C=O) groups is 1. The van der Waals surface area contributed by atoms with Gasteiger partial charge >= 0.3 is 6.03 Å². The lowest BCUT2D eigenvalue weighted by Crippen LogP contribution is -2.44. The van der Waals surface area contributed by atoms with E-state index in [2.05, 4.69) is 10.6 Å². The minimum absolute atomic E-state index is 0.129. The van der Waals surface area contributed by atoms with Crippen molar-refractivity contribution in [2.24, 2.45) is 0 Å². The molecule has 1 aromatic carbocycles. The van der Waals surface area contributed by atoms with Crippen molar-refractivity contribution in [2.75, 3.05) is 13.2 Å². The Balaban J connectivity index is 1.68. The van der Waals surface area contributed by atoms with Gasteiger partial charge in [-0.3, -0.25) is 0 Å². The summed E-state index contributed by atoms with van der Waals surface area (Å²) in [6, 6.07) is 8.81. The molecule has 2 amide bonds. The van der Waals surface area contributed by atoms with Crippen LogP contribution >= 0.6 is 11.3 Å². The highest BCUT2D eigenvalue weighted by Crippen LogP contribution is 2.17. The summed E-state index contributed by atoms with van der Waals surface area (Å²) in [4.78, 5) is 12.5. The maximum atomic E-state index is 13.0. The monoisotopic (exact) mass is 338 g/mol. The molecule has 7 heteroatoms. The highest BCUT2D eigenvalue weighted by atomic mass is 32.1. The van der Waals surface area contributed by atoms with Crippen LogP contribution in [-0.2, 0) is 0 Å². The molecule has 1 aromatic heterocycles. The number of nitrogens with one attached hydrogen (secondary N) is 2. The smallest absolute Gasteiger partial charge is 0.315 e. The first-order valence-electron chi connectivity index (χ1n) is 7.19. The average Bonchev–Trinajstić information content (AvgIpc) is 3.05. The Morgan fingerprint density at radius 1 is 1.39 bits per heavy atom. The van der Waals surface area contributed by atoms with E-state index in [1.165, 1.54) is 23.5 Å². The number of hydrogen-bond acceptors (Lipinski definition) is 4. The Hall–Kier alpha value is -2.12. The van der Waals surface area contributed by atoms with Crippen molar-refractivity contribution in [3.63, 3.8) is 0 Å². The van der Waals surface area contributed by atoms with E-state index in [4.69, 9.17) is 4.74 Å². The number of aliphatic hydroxyl groups excluding tert-OH is 1. The predicted octanol–water partition coefficient (Wildman–Crippen LogP) is 2.69. The summed E-state index contributed by atoms with van der Waals surface area (Å²) in [5.74, 6) is 0.0376. The van der Waals surface area contributed by atoms with Gasteiger partial charge in [0.25, 0.3) is 0 Å². The van der Waals surface area contributed by atoms with E-state index in [0.29, 0.717) is 5.75 Å². The van der Waals surface area contributed by atoms with Crippen molar-refractivity contribution >= 4 is 17.4 Å². The topological polar surface area (TPSA) is 70.6 Å². The molecule has 0 radical (unpaired) electrons. The van der Waals surface area contributed by atoms with Gasteiger partial charge in [-0.2, -0.15) is 0 Å². The second kappa shape index (κ2) is 8.50. The molecule has 0 bridgehead atoms. The molecule has 23 heavy (non-hydrogen) atoms. The van der Waals surface area contributed by atoms with E-state index < -0.39 is 12.1 Å². The van der Waals surface area contributed by atoms with Crippen molar-refractivity contribution in [1.82, 2.24) is 10.6 Å². The maximum absolute atomic E-state index is 13.0. The molecular formula is C16H19FN2O3S. The number of rotatable bonds is 7. The van der Waals surface area contributed by atoms with Crippen LogP contribution in [0.5, 0.6) is 5.75 Å². The van der Waals surface area contributed by atoms with Crippen molar-refractivity contribution in [3.8, 4) is 5.75 Å². The van der Waals surface area contributed by atoms with Gasteiger partial charge in [0.1, 0.15) is 24.3 Å². The standard InChI is InChI=1S/C16H19FN2O3S/c1-11(10-22-13-5-2-4-12(17)8-13)19-16(21)18-9-14(20)15-6-3-7-23-15/h2-8,11,14,20H,9-10H2,1H3,(H2,18,19,21)/t11-,14-/m0/s1. The third-order valence-electron chi connectivity index (χ3n) is 3.00. The molecule has 0 spiro atoms. The van der Waals surface area contributed by atoms with Gasteiger partial charge in [0.15, 0.2) is 0 Å². The molecule has 2 atom stereocenters. The Kier molecular flexibility index (Phi) is 6.37. The largest absolute Gasteiger partial charge is 0.491 e. The summed E-state index contributed by atoms with van der Waals surface area (Å²) in [6.07, 6.45) is -0.723. The molecule has 0 fully saturated rings. The lowest BCUT2D eigenvalue weighted by Gasteiger charge is -2.16. The van der Waals surface area contributed by atoms with Gasteiger partial charge in [-0.05, 0) is 30.5 Å². The normalized spacial score (nSPS) is 13.2. The Labute approximate surface area is 138 Å². The summed E-state index contributed by atoms with van der Waals surface area (Å²) in [5, 5.41) is 17.0. The van der Waals surface area contributed by atoms with Crippen LogP contribution in [0.15, 0.2) is 41.8 Å². The fourth-order valence-corrected chi connectivity index (χ4v) is 2.58. The van der Waals surface area contributed by atoms with E-state index in [9.17, 15) is 14.3 Å². The SMILES string of the molecule is C[C@@H](COc1cccc(F)c1)NC(=O)NC[C@H](O)c1cccs1. The predicted molar refractivity (Wildman–Crippen MR) is 87.2 cm³/mol. The van der Waals surface area contributed by atoms with Gasteiger partial charge in [-0.15, -0.1) is 11.3 Å². The molecular weight excluding hydrogens is 319 g/mol. The Morgan fingerprint density at radius 3 is 2.91 bits per heavy atom. The quantitative estimate of drug-likeness (QED) is 0.727. The van der Waals surface area contributed by atoms with Gasteiger partial charge in [-0.25, -0.2) is 9.18 Å². The first-order valence-corrected chi connectivity index (χ1v) is 8.07. The number of urea groups is 1. The van der Waals surface area contributed by atoms with Crippen LogP contribution in [0.25, 0.3) is 0 Å². The Morgan fingerprint density at radius 2 is 2.22 bits per heavy atom. The lowest BCUT2D eigenvalue weighted by atomic mass is 10.3. The van der Waals surface area contributed by atoms with E-state index >= 15 is 0 Å². The van der Waals surface area contributed by atoms with E-state index in [-0.39, 0.29) is 25.0 Å². The summed E-state index contributed by atoms with van der Waals surface area (Å²) in [5.41, 5.74) is 0. The fourth-order valence-electron chi connectivity index (χ4n) is 1.87. The van der Waals surface area contributed by atoms with Gasteiger partial charge in [0.05, 0.1) is 12.6 Å². The first kappa shape index (κ1) is 17.2. The number of ether oxygens (including phenoxy) is 1. The van der Waals surface area contributed by atoms with Gasteiger partial charge in [0, 0.05) is 10.9 Å². The molecule has 0 aliphatic heterocycles. The molecule has 5 nitrogen and oxygen atoms in total. The lowest BCUT2D eigenvalue weighted by molar-refractivity contribution is 0.174. The van der Waals surface area contributed by atoms with Gasteiger partial charge < -0.3 is 20.5 Å². The summed E-state index contributed by atoms with van der Waals surface area (Å²) in [6.45, 7) is 2.11. The minimum Gasteiger partial charge on any atom is -0.491 e. The number of carbonyl (C=O) groups excluding carboxylic acids is 1. The summed E-state index contributed by atoms with van der Waals surface area (Å²) in [7, 11) is 0. The number of thiophene rings is 1. The van der Waals surface area contributed by atoms with Gasteiger partial charge in [-0.1, -0.05) is 12.1 Å². The second-order valence-corrected chi connectivity index (χ2v) is 6.03. The number of halogens is 1. The average molecular weight is 338 g/mol. The highest BCUT2D eigenvalue weighted by molar-refractivity contribution is 7.10. The molecule has 3 N–H and O–H groups in total. The fraction of sp³-hybridized carbons (Fsp3) is 0.312. The van der Waals surface area contributed by atoms with Crippen LogP contribution in [0.1, 0.15) is 17.9 Å². The van der Waals surface area contributed by atoms with Crippen LogP contribution in [0, 0.1) is 5.82 Å². The third-order valence-corrected chi connectivity index (χ3v) is 3.97. The third kappa shape index (κ3) is 5.88. The summed E-state index contributed by atoms with van der Waals surface area (Å²) >= 11 is 1.43. The molecule has 1 heterocycles. The molecule has 0 aliphatic rings. The summed E-state index contributed by atoms with van der Waals surface area (Å²) < 4.78 is 18.4. The van der Waals surface area contributed by atoms with E-state index in [1.807, 2.05) is 17.5 Å². The van der Waals surface area contributed by atoms with Crippen LogP contribution in [-0.4, -0.2) is 30.3 Å². The second-order valence-electron chi connectivity index (χ2n) is 5.06. The minimum atomic E-state index is -0.723. The highest BCUT2D eigenvalue weighted by Gasteiger charge is 2.12. The molecule has 0 saturated heterocycles. The number of hydrogen-bond donors (Lipinski definition) is 3. The van der Waals surface area contributed by atoms with Crippen LogP contribution in [0.4, 0.5) is 9.18 Å². The molecule has 124 valence electrons. The van der Waals surface area contributed by atoms with Crippen LogP contribution in [0.2, 0.25) is 0 Å². The zero-order valence-corrected chi connectivity index (χ0v) is 13.5. The molecule has 2 aromatic rings. The number of benzene rings is 1. The Bertz CT molecular complexity index is 622. The molecule has 0 saturated carbocycles. The van der Waals surface area contributed by atoms with Gasteiger partial charge in [0.2, 0.25) is 0 Å². The first-order chi connectivity index (χ1) is 11.0. The van der Waals surface area contributed by atoms with E-state index in [0.717, 1.165) is 4.88 Å². The molecule has 0 aliphatic carbocycles. The van der Waals surface area contributed by atoms with Crippen molar-refractivity contribution in [2.45, 2.75) is 19.1 Å². The molecule has 2 rings (SSSR count).